The summed E-state index contributed by atoms with van der Waals surface area (Å²) in [5.74, 6) is 0. The third-order valence-corrected chi connectivity index (χ3v) is 4.79. The van der Waals surface area contributed by atoms with Crippen LogP contribution in [0.25, 0.3) is 11.3 Å². The number of aliphatic hydroxyl groups is 1. The largest absolute Gasteiger partial charge is 0.395 e. The number of hydrogen-bond acceptors (Lipinski definition) is 5. The molecule has 0 aliphatic rings. The molecule has 0 bridgehead atoms. The molecule has 0 atom stereocenters. The van der Waals surface area contributed by atoms with Crippen LogP contribution < -0.4 is 4.90 Å². The van der Waals surface area contributed by atoms with Gasteiger partial charge in [0.05, 0.1) is 12.3 Å². The first-order valence-electron chi connectivity index (χ1n) is 6.74. The van der Waals surface area contributed by atoms with Gasteiger partial charge in [-0.05, 0) is 22.4 Å². The van der Waals surface area contributed by atoms with E-state index in [1.54, 1.807) is 22.7 Å². The van der Waals surface area contributed by atoms with Gasteiger partial charge < -0.3 is 10.0 Å². The number of aromatic nitrogens is 1. The molecule has 3 aromatic rings. The van der Waals surface area contributed by atoms with Gasteiger partial charge in [-0.15, -0.1) is 11.3 Å². The molecular formula is C16H16N2OS2. The Labute approximate surface area is 132 Å². The molecule has 0 saturated carbocycles. The number of anilines is 1. The second-order valence-electron chi connectivity index (χ2n) is 4.66. The Bertz CT molecular complexity index is 665. The molecule has 0 spiro atoms. The highest BCUT2D eigenvalue weighted by Gasteiger charge is 2.12. The third-order valence-electron chi connectivity index (χ3n) is 3.16. The van der Waals surface area contributed by atoms with E-state index in [9.17, 15) is 5.11 Å². The molecular weight excluding hydrogens is 300 g/mol. The fraction of sp³-hybridized carbons (Fsp3) is 0.188. The molecule has 0 aliphatic carbocycles. The molecule has 0 saturated heterocycles. The molecule has 0 aliphatic heterocycles. The Morgan fingerprint density at radius 1 is 1.10 bits per heavy atom. The first-order chi connectivity index (χ1) is 10.4. The summed E-state index contributed by atoms with van der Waals surface area (Å²) in [6.07, 6.45) is 0. The van der Waals surface area contributed by atoms with Gasteiger partial charge in [-0.3, -0.25) is 0 Å². The Balaban J connectivity index is 1.81. The van der Waals surface area contributed by atoms with Crippen LogP contribution in [0, 0.1) is 0 Å². The molecule has 5 heteroatoms. The Morgan fingerprint density at radius 3 is 2.67 bits per heavy atom. The second kappa shape index (κ2) is 6.85. The van der Waals surface area contributed by atoms with Crippen molar-refractivity contribution in [1.29, 1.82) is 0 Å². The highest BCUT2D eigenvalue weighted by molar-refractivity contribution is 7.14. The van der Waals surface area contributed by atoms with Gasteiger partial charge in [-0.25, -0.2) is 4.98 Å². The average molecular weight is 316 g/mol. The van der Waals surface area contributed by atoms with Crippen LogP contribution in [0.5, 0.6) is 0 Å². The van der Waals surface area contributed by atoms with Crippen molar-refractivity contribution in [2.24, 2.45) is 0 Å². The molecule has 1 N–H and O–H groups in total. The standard InChI is InChI=1S/C16H16N2OS2/c19-8-7-18(10-13-6-9-20-11-13)16-17-15(12-21-16)14-4-2-1-3-5-14/h1-6,9,11-12,19H,7-8,10H2. The van der Waals surface area contributed by atoms with Crippen molar-refractivity contribution in [3.63, 3.8) is 0 Å². The van der Waals surface area contributed by atoms with Crippen molar-refractivity contribution in [3.8, 4) is 11.3 Å². The summed E-state index contributed by atoms with van der Waals surface area (Å²) in [6.45, 7) is 1.51. The molecule has 3 rings (SSSR count). The zero-order chi connectivity index (χ0) is 14.5. The van der Waals surface area contributed by atoms with Crippen LogP contribution in [0.3, 0.4) is 0 Å². The smallest absolute Gasteiger partial charge is 0.186 e. The number of thiophene rings is 1. The van der Waals surface area contributed by atoms with Crippen molar-refractivity contribution in [1.82, 2.24) is 4.98 Å². The molecule has 0 unspecified atom stereocenters. The van der Waals surface area contributed by atoms with E-state index in [0.29, 0.717) is 6.54 Å². The Hall–Kier alpha value is -1.69. The van der Waals surface area contributed by atoms with Crippen molar-refractivity contribution in [3.05, 3.63) is 58.1 Å². The van der Waals surface area contributed by atoms with E-state index in [1.807, 2.05) is 18.2 Å². The van der Waals surface area contributed by atoms with Crippen LogP contribution in [-0.2, 0) is 6.54 Å². The van der Waals surface area contributed by atoms with E-state index < -0.39 is 0 Å². The van der Waals surface area contributed by atoms with Crippen LogP contribution >= 0.6 is 22.7 Å². The zero-order valence-electron chi connectivity index (χ0n) is 11.5. The van der Waals surface area contributed by atoms with E-state index in [2.05, 4.69) is 39.2 Å². The summed E-state index contributed by atoms with van der Waals surface area (Å²) >= 11 is 3.31. The van der Waals surface area contributed by atoms with E-state index in [-0.39, 0.29) is 6.61 Å². The summed E-state index contributed by atoms with van der Waals surface area (Å²) in [5.41, 5.74) is 3.37. The van der Waals surface area contributed by atoms with Crippen molar-refractivity contribution in [2.45, 2.75) is 6.54 Å². The Morgan fingerprint density at radius 2 is 1.95 bits per heavy atom. The quantitative estimate of drug-likeness (QED) is 0.750. The first kappa shape index (κ1) is 14.3. The van der Waals surface area contributed by atoms with Crippen molar-refractivity contribution >= 4 is 27.8 Å². The minimum atomic E-state index is 0.129. The maximum absolute atomic E-state index is 9.29. The fourth-order valence-electron chi connectivity index (χ4n) is 2.12. The molecule has 2 heterocycles. The summed E-state index contributed by atoms with van der Waals surface area (Å²) in [4.78, 5) is 6.84. The number of hydrogen-bond donors (Lipinski definition) is 1. The summed E-state index contributed by atoms with van der Waals surface area (Å²) < 4.78 is 0. The average Bonchev–Trinajstić information content (AvgIpc) is 3.19. The summed E-state index contributed by atoms with van der Waals surface area (Å²) in [7, 11) is 0. The molecule has 2 aromatic heterocycles. The topological polar surface area (TPSA) is 36.4 Å². The minimum Gasteiger partial charge on any atom is -0.395 e. The predicted octanol–water partition coefficient (Wildman–Crippen LogP) is 3.87. The molecule has 3 nitrogen and oxygen atoms in total. The second-order valence-corrected chi connectivity index (χ2v) is 6.27. The van der Waals surface area contributed by atoms with E-state index in [1.165, 1.54) is 5.56 Å². The Kier molecular flexibility index (Phi) is 4.65. The summed E-state index contributed by atoms with van der Waals surface area (Å²) in [6, 6.07) is 12.3. The van der Waals surface area contributed by atoms with Gasteiger partial charge in [0.15, 0.2) is 5.13 Å². The van der Waals surface area contributed by atoms with E-state index in [4.69, 9.17) is 4.98 Å². The predicted molar refractivity (Wildman–Crippen MR) is 90.0 cm³/mol. The number of thiazole rings is 1. The SMILES string of the molecule is OCCN(Cc1ccsc1)c1nc(-c2ccccc2)cs1. The molecule has 108 valence electrons. The van der Waals surface area contributed by atoms with E-state index >= 15 is 0 Å². The van der Waals surface area contributed by atoms with Crippen LogP contribution in [0.4, 0.5) is 5.13 Å². The minimum absolute atomic E-state index is 0.129. The number of nitrogens with zero attached hydrogens (tertiary/aromatic N) is 2. The maximum atomic E-state index is 9.29. The molecule has 0 fully saturated rings. The summed E-state index contributed by atoms with van der Waals surface area (Å²) in [5, 5.41) is 16.5. The van der Waals surface area contributed by atoms with E-state index in [0.717, 1.165) is 22.9 Å². The maximum Gasteiger partial charge on any atom is 0.186 e. The van der Waals surface area contributed by atoms with Gasteiger partial charge >= 0.3 is 0 Å². The lowest BCUT2D eigenvalue weighted by molar-refractivity contribution is 0.301. The normalized spacial score (nSPS) is 10.7. The van der Waals surface area contributed by atoms with Gasteiger partial charge in [0.1, 0.15) is 0 Å². The van der Waals surface area contributed by atoms with Crippen LogP contribution in [0.15, 0.2) is 52.5 Å². The van der Waals surface area contributed by atoms with Crippen molar-refractivity contribution < 1.29 is 5.11 Å². The molecule has 0 radical (unpaired) electrons. The monoisotopic (exact) mass is 316 g/mol. The van der Waals surface area contributed by atoms with Gasteiger partial charge in [-0.2, -0.15) is 11.3 Å². The number of aliphatic hydroxyl groups excluding tert-OH is 1. The molecule has 0 amide bonds. The van der Waals surface area contributed by atoms with Gasteiger partial charge in [0.25, 0.3) is 0 Å². The number of benzene rings is 1. The van der Waals surface area contributed by atoms with Crippen LogP contribution in [0.2, 0.25) is 0 Å². The van der Waals surface area contributed by atoms with Crippen molar-refractivity contribution in [2.75, 3.05) is 18.1 Å². The van der Waals surface area contributed by atoms with Crippen LogP contribution in [-0.4, -0.2) is 23.2 Å². The lowest BCUT2D eigenvalue weighted by atomic mass is 10.2. The molecule has 1 aromatic carbocycles. The molecule has 21 heavy (non-hydrogen) atoms. The highest BCUT2D eigenvalue weighted by atomic mass is 32.1. The first-order valence-corrected chi connectivity index (χ1v) is 8.57. The third kappa shape index (κ3) is 3.50. The number of rotatable bonds is 6. The lowest BCUT2D eigenvalue weighted by Crippen LogP contribution is -2.25. The highest BCUT2D eigenvalue weighted by Crippen LogP contribution is 2.28. The lowest BCUT2D eigenvalue weighted by Gasteiger charge is -2.20. The van der Waals surface area contributed by atoms with Gasteiger partial charge in [0, 0.05) is 24.0 Å². The van der Waals surface area contributed by atoms with Gasteiger partial charge in [-0.1, -0.05) is 30.3 Å². The zero-order valence-corrected chi connectivity index (χ0v) is 13.1. The fourth-order valence-corrected chi connectivity index (χ4v) is 3.64. The van der Waals surface area contributed by atoms with Gasteiger partial charge in [0.2, 0.25) is 0 Å². The van der Waals surface area contributed by atoms with Crippen LogP contribution in [0.1, 0.15) is 5.56 Å².